The van der Waals surface area contributed by atoms with Gasteiger partial charge in [0.2, 0.25) is 0 Å². The molecule has 0 radical (unpaired) electrons. The largest absolute Gasteiger partial charge is 0.0625 e. The second kappa shape index (κ2) is 4.11. The monoisotopic (exact) mass is 208 g/mol. The molecule has 0 heterocycles. The molecule has 0 aromatic rings. The van der Waals surface area contributed by atoms with Gasteiger partial charge >= 0.3 is 0 Å². The fourth-order valence-corrected chi connectivity index (χ4v) is 4.54. The van der Waals surface area contributed by atoms with Crippen LogP contribution in [0, 0.1) is 29.1 Å². The molecule has 2 aliphatic rings. The smallest absolute Gasteiger partial charge is 0.0264 e. The van der Waals surface area contributed by atoms with Gasteiger partial charge in [0.05, 0.1) is 0 Å². The fraction of sp³-hybridized carbons (Fsp3) is 1.00. The van der Waals surface area contributed by atoms with Gasteiger partial charge in [-0.25, -0.2) is 0 Å². The van der Waals surface area contributed by atoms with Gasteiger partial charge in [-0.3, -0.25) is 0 Å². The van der Waals surface area contributed by atoms with Crippen LogP contribution in [0.25, 0.3) is 0 Å². The van der Waals surface area contributed by atoms with Crippen molar-refractivity contribution in [3.63, 3.8) is 0 Å². The molecule has 88 valence electrons. The summed E-state index contributed by atoms with van der Waals surface area (Å²) >= 11 is 0. The Hall–Kier alpha value is 0. The first-order chi connectivity index (χ1) is 7.05. The first-order valence-corrected chi connectivity index (χ1v) is 7.05. The van der Waals surface area contributed by atoms with Crippen molar-refractivity contribution in [2.75, 3.05) is 0 Å². The molecule has 0 nitrogen and oxygen atoms in total. The molecule has 0 aliphatic heterocycles. The van der Waals surface area contributed by atoms with Crippen molar-refractivity contribution in [3.8, 4) is 0 Å². The van der Waals surface area contributed by atoms with Crippen LogP contribution in [0.4, 0.5) is 0 Å². The van der Waals surface area contributed by atoms with E-state index in [1.54, 1.807) is 19.3 Å². The highest BCUT2D eigenvalue weighted by Crippen LogP contribution is 2.59. The summed E-state index contributed by atoms with van der Waals surface area (Å²) in [6, 6.07) is 0. The standard InChI is InChI=1S/C15H28/c1-11(2)13-7-9-15(10-13)8-5-6-14(15)12(3)4/h11-14H,5-10H2,1-4H3. The van der Waals surface area contributed by atoms with Gasteiger partial charge in [0, 0.05) is 0 Å². The zero-order valence-corrected chi connectivity index (χ0v) is 11.1. The van der Waals surface area contributed by atoms with E-state index in [-0.39, 0.29) is 0 Å². The molecule has 2 aliphatic carbocycles. The van der Waals surface area contributed by atoms with Crippen molar-refractivity contribution in [2.45, 2.75) is 66.2 Å². The first-order valence-electron chi connectivity index (χ1n) is 7.05. The summed E-state index contributed by atoms with van der Waals surface area (Å²) in [5.74, 6) is 3.90. The molecule has 0 amide bonds. The van der Waals surface area contributed by atoms with Gasteiger partial charge in [0.25, 0.3) is 0 Å². The molecule has 0 bridgehead atoms. The maximum atomic E-state index is 2.44. The van der Waals surface area contributed by atoms with Crippen LogP contribution in [0.3, 0.4) is 0 Å². The average molecular weight is 208 g/mol. The Morgan fingerprint density at radius 3 is 2.20 bits per heavy atom. The van der Waals surface area contributed by atoms with Gasteiger partial charge in [-0.1, -0.05) is 34.1 Å². The molecule has 0 aromatic heterocycles. The third-order valence-corrected chi connectivity index (χ3v) is 5.41. The van der Waals surface area contributed by atoms with Gasteiger partial charge < -0.3 is 0 Å². The fourth-order valence-electron chi connectivity index (χ4n) is 4.54. The lowest BCUT2D eigenvalue weighted by molar-refractivity contribution is 0.147. The second-order valence-electron chi connectivity index (χ2n) is 6.85. The van der Waals surface area contributed by atoms with E-state index in [1.165, 1.54) is 19.3 Å². The predicted octanol–water partition coefficient (Wildman–Crippen LogP) is 4.89. The number of hydrogen-bond acceptors (Lipinski definition) is 0. The zero-order chi connectivity index (χ0) is 11.1. The molecule has 0 saturated heterocycles. The molecular formula is C15H28. The Morgan fingerprint density at radius 1 is 0.933 bits per heavy atom. The van der Waals surface area contributed by atoms with Crippen molar-refractivity contribution < 1.29 is 0 Å². The molecule has 2 fully saturated rings. The number of rotatable bonds is 2. The zero-order valence-electron chi connectivity index (χ0n) is 11.1. The molecule has 3 atom stereocenters. The van der Waals surface area contributed by atoms with E-state index in [9.17, 15) is 0 Å². The molecule has 1 spiro atoms. The van der Waals surface area contributed by atoms with E-state index in [2.05, 4.69) is 27.7 Å². The maximum absolute atomic E-state index is 2.44. The van der Waals surface area contributed by atoms with Gasteiger partial charge in [0.1, 0.15) is 0 Å². The summed E-state index contributed by atoms with van der Waals surface area (Å²) in [6.07, 6.45) is 9.17. The van der Waals surface area contributed by atoms with E-state index >= 15 is 0 Å². The van der Waals surface area contributed by atoms with E-state index in [1.807, 2.05) is 0 Å². The van der Waals surface area contributed by atoms with Crippen LogP contribution < -0.4 is 0 Å². The maximum Gasteiger partial charge on any atom is -0.0264 e. The highest BCUT2D eigenvalue weighted by atomic mass is 14.5. The van der Waals surface area contributed by atoms with Crippen molar-refractivity contribution >= 4 is 0 Å². The van der Waals surface area contributed by atoms with E-state index < -0.39 is 0 Å². The van der Waals surface area contributed by atoms with Crippen LogP contribution in [0.1, 0.15) is 66.2 Å². The molecular weight excluding hydrogens is 180 g/mol. The van der Waals surface area contributed by atoms with Gasteiger partial charge in [-0.2, -0.15) is 0 Å². The Labute approximate surface area is 95.8 Å². The Bertz CT molecular complexity index is 216. The van der Waals surface area contributed by atoms with Crippen LogP contribution in [0.15, 0.2) is 0 Å². The minimum Gasteiger partial charge on any atom is -0.0625 e. The molecule has 0 heteroatoms. The van der Waals surface area contributed by atoms with Crippen molar-refractivity contribution in [2.24, 2.45) is 29.1 Å². The summed E-state index contributed by atoms with van der Waals surface area (Å²) in [7, 11) is 0. The normalized spacial score (nSPS) is 41.2. The third-order valence-electron chi connectivity index (χ3n) is 5.41. The first kappa shape index (κ1) is 11.5. The van der Waals surface area contributed by atoms with Crippen molar-refractivity contribution in [1.29, 1.82) is 0 Å². The lowest BCUT2D eigenvalue weighted by Crippen LogP contribution is -2.26. The lowest BCUT2D eigenvalue weighted by Gasteiger charge is -2.35. The summed E-state index contributed by atoms with van der Waals surface area (Å²) in [5.41, 5.74) is 0.781. The number of hydrogen-bond donors (Lipinski definition) is 0. The Morgan fingerprint density at radius 2 is 1.67 bits per heavy atom. The van der Waals surface area contributed by atoms with Crippen LogP contribution in [0.2, 0.25) is 0 Å². The Kier molecular flexibility index (Phi) is 3.14. The third kappa shape index (κ3) is 1.97. The topological polar surface area (TPSA) is 0 Å². The lowest BCUT2D eigenvalue weighted by atomic mass is 9.70. The quantitative estimate of drug-likeness (QED) is 0.606. The highest BCUT2D eigenvalue weighted by molar-refractivity contribution is 4.99. The van der Waals surface area contributed by atoms with E-state index in [4.69, 9.17) is 0 Å². The van der Waals surface area contributed by atoms with E-state index in [0.29, 0.717) is 0 Å². The molecule has 2 saturated carbocycles. The predicted molar refractivity (Wildman–Crippen MR) is 66.8 cm³/mol. The molecule has 0 aromatic carbocycles. The molecule has 0 N–H and O–H groups in total. The minimum absolute atomic E-state index is 0.781. The van der Waals surface area contributed by atoms with Gasteiger partial charge in [-0.15, -0.1) is 0 Å². The van der Waals surface area contributed by atoms with Crippen molar-refractivity contribution in [3.05, 3.63) is 0 Å². The summed E-state index contributed by atoms with van der Waals surface area (Å²) in [6.45, 7) is 9.73. The molecule has 3 unspecified atom stereocenters. The average Bonchev–Trinajstić information content (AvgIpc) is 2.74. The highest BCUT2D eigenvalue weighted by Gasteiger charge is 2.48. The molecule has 2 rings (SSSR count). The van der Waals surface area contributed by atoms with E-state index in [0.717, 1.165) is 29.1 Å². The summed E-state index contributed by atoms with van der Waals surface area (Å²) in [5, 5.41) is 0. The minimum atomic E-state index is 0.781. The summed E-state index contributed by atoms with van der Waals surface area (Å²) < 4.78 is 0. The summed E-state index contributed by atoms with van der Waals surface area (Å²) in [4.78, 5) is 0. The van der Waals surface area contributed by atoms with Crippen LogP contribution >= 0.6 is 0 Å². The van der Waals surface area contributed by atoms with Gasteiger partial charge in [-0.05, 0) is 61.2 Å². The van der Waals surface area contributed by atoms with Crippen LogP contribution in [-0.4, -0.2) is 0 Å². The van der Waals surface area contributed by atoms with Gasteiger partial charge in [0.15, 0.2) is 0 Å². The SMILES string of the molecule is CC(C)C1CCC2(CCCC2C(C)C)C1. The van der Waals surface area contributed by atoms with Crippen molar-refractivity contribution in [1.82, 2.24) is 0 Å². The Balaban J connectivity index is 2.08. The van der Waals surface area contributed by atoms with Crippen LogP contribution in [0.5, 0.6) is 0 Å². The molecule has 15 heavy (non-hydrogen) atoms. The second-order valence-corrected chi connectivity index (χ2v) is 6.85. The van der Waals surface area contributed by atoms with Crippen LogP contribution in [-0.2, 0) is 0 Å².